The number of allylic oxidation sites excluding steroid dienone is 2. The van der Waals surface area contributed by atoms with Crippen LogP contribution in [0.25, 0.3) is 0 Å². The second kappa shape index (κ2) is 8.11. The summed E-state index contributed by atoms with van der Waals surface area (Å²) in [5.41, 5.74) is 1.49. The fourth-order valence-corrected chi connectivity index (χ4v) is 5.97. The summed E-state index contributed by atoms with van der Waals surface area (Å²) in [5.74, 6) is 0.921. The first-order chi connectivity index (χ1) is 8.54. The summed E-state index contributed by atoms with van der Waals surface area (Å²) in [5, 5.41) is 2.51. The molecule has 0 aromatic carbocycles. The lowest BCUT2D eigenvalue weighted by Gasteiger charge is -2.02. The Bertz CT molecular complexity index is 482. The standard InChI is InChI=1S/C12H22O4S3/c1-11(2)9-18(13,14)7-5-17-6-8-19(15,16)10-12(3)4/h9-10H,5-8H2,1-4H3. The van der Waals surface area contributed by atoms with Crippen molar-refractivity contribution in [1.29, 1.82) is 0 Å². The fourth-order valence-electron chi connectivity index (χ4n) is 1.29. The molecule has 112 valence electrons. The molecule has 0 radical (unpaired) electrons. The van der Waals surface area contributed by atoms with Gasteiger partial charge in [-0.05, 0) is 27.7 Å². The molecule has 0 aromatic rings. The highest BCUT2D eigenvalue weighted by Crippen LogP contribution is 2.08. The third kappa shape index (κ3) is 11.3. The lowest BCUT2D eigenvalue weighted by atomic mass is 10.4. The average molecular weight is 327 g/mol. The molecule has 0 fully saturated rings. The highest BCUT2D eigenvalue weighted by Gasteiger charge is 2.09. The van der Waals surface area contributed by atoms with Crippen LogP contribution in [0.15, 0.2) is 22.0 Å². The van der Waals surface area contributed by atoms with E-state index in [2.05, 4.69) is 0 Å². The van der Waals surface area contributed by atoms with E-state index in [4.69, 9.17) is 0 Å². The number of rotatable bonds is 8. The minimum absolute atomic E-state index is 0.0472. The second-order valence-corrected chi connectivity index (χ2v) is 9.90. The van der Waals surface area contributed by atoms with Crippen LogP contribution in [0.2, 0.25) is 0 Å². The van der Waals surface area contributed by atoms with Crippen molar-refractivity contribution in [2.45, 2.75) is 27.7 Å². The van der Waals surface area contributed by atoms with Gasteiger partial charge >= 0.3 is 0 Å². The fraction of sp³-hybridized carbons (Fsp3) is 0.667. The number of thioether (sulfide) groups is 1. The third-order valence-electron chi connectivity index (χ3n) is 1.85. The van der Waals surface area contributed by atoms with Crippen molar-refractivity contribution in [2.75, 3.05) is 23.0 Å². The molecule has 0 aliphatic rings. The maximum absolute atomic E-state index is 11.5. The Morgan fingerprint density at radius 2 is 1.11 bits per heavy atom. The van der Waals surface area contributed by atoms with Crippen molar-refractivity contribution in [3.63, 3.8) is 0 Å². The summed E-state index contributed by atoms with van der Waals surface area (Å²) in [4.78, 5) is 0. The Kier molecular flexibility index (Phi) is 8.00. The quantitative estimate of drug-likeness (QED) is 0.641. The van der Waals surface area contributed by atoms with Crippen LogP contribution in [0.3, 0.4) is 0 Å². The van der Waals surface area contributed by atoms with Crippen LogP contribution in [0, 0.1) is 0 Å². The first-order valence-electron chi connectivity index (χ1n) is 5.87. The predicted molar refractivity (Wildman–Crippen MR) is 83.8 cm³/mol. The van der Waals surface area contributed by atoms with E-state index in [1.54, 1.807) is 27.7 Å². The molecule has 0 aliphatic heterocycles. The minimum Gasteiger partial charge on any atom is -0.224 e. The zero-order chi connectivity index (χ0) is 15.1. The monoisotopic (exact) mass is 326 g/mol. The molecule has 19 heavy (non-hydrogen) atoms. The van der Waals surface area contributed by atoms with Gasteiger partial charge in [0.15, 0.2) is 19.7 Å². The second-order valence-electron chi connectivity index (χ2n) is 4.74. The molecule has 0 saturated heterocycles. The Balaban J connectivity index is 4.09. The first-order valence-corrected chi connectivity index (χ1v) is 10.5. The van der Waals surface area contributed by atoms with E-state index in [0.717, 1.165) is 11.1 Å². The van der Waals surface area contributed by atoms with Gasteiger partial charge in [-0.25, -0.2) is 16.8 Å². The molecule has 0 rings (SSSR count). The Morgan fingerprint density at radius 1 is 0.789 bits per heavy atom. The van der Waals surface area contributed by atoms with Crippen molar-refractivity contribution in [2.24, 2.45) is 0 Å². The molecule has 0 N–H and O–H groups in total. The molecular formula is C12H22O4S3. The van der Waals surface area contributed by atoms with Gasteiger partial charge in [-0.15, -0.1) is 0 Å². The van der Waals surface area contributed by atoms with Crippen LogP contribution in [0.1, 0.15) is 27.7 Å². The Morgan fingerprint density at radius 3 is 1.37 bits per heavy atom. The molecule has 0 saturated carbocycles. The van der Waals surface area contributed by atoms with Crippen LogP contribution in [0.5, 0.6) is 0 Å². The van der Waals surface area contributed by atoms with E-state index in [1.807, 2.05) is 0 Å². The SMILES string of the molecule is CC(C)=CS(=O)(=O)CCSCCS(=O)(=O)C=C(C)C. The van der Waals surface area contributed by atoms with Gasteiger partial charge in [-0.2, -0.15) is 11.8 Å². The van der Waals surface area contributed by atoms with E-state index in [-0.39, 0.29) is 11.5 Å². The summed E-state index contributed by atoms with van der Waals surface area (Å²) in [6, 6.07) is 0. The molecule has 4 nitrogen and oxygen atoms in total. The van der Waals surface area contributed by atoms with Crippen LogP contribution in [-0.2, 0) is 19.7 Å². The molecule has 0 aliphatic carbocycles. The number of hydrogen-bond acceptors (Lipinski definition) is 5. The first kappa shape index (κ1) is 18.7. The van der Waals surface area contributed by atoms with Gasteiger partial charge < -0.3 is 0 Å². The minimum atomic E-state index is -3.16. The summed E-state index contributed by atoms with van der Waals surface area (Å²) in [6.45, 7) is 6.93. The zero-order valence-electron chi connectivity index (χ0n) is 11.8. The van der Waals surface area contributed by atoms with Gasteiger partial charge in [-0.3, -0.25) is 0 Å². The van der Waals surface area contributed by atoms with Gasteiger partial charge in [0.05, 0.1) is 11.5 Å². The summed E-state index contributed by atoms with van der Waals surface area (Å²) in [6.07, 6.45) is 0. The highest BCUT2D eigenvalue weighted by atomic mass is 32.2. The predicted octanol–water partition coefficient (Wildman–Crippen LogP) is 2.40. The maximum atomic E-state index is 11.5. The lowest BCUT2D eigenvalue weighted by Crippen LogP contribution is -2.09. The van der Waals surface area contributed by atoms with Gasteiger partial charge in [0.25, 0.3) is 0 Å². The topological polar surface area (TPSA) is 68.3 Å². The summed E-state index contributed by atoms with van der Waals surface area (Å²) in [7, 11) is -6.32. The van der Waals surface area contributed by atoms with Crippen LogP contribution >= 0.6 is 11.8 Å². The number of sulfone groups is 2. The molecule has 0 amide bonds. The van der Waals surface area contributed by atoms with Gasteiger partial charge in [0.1, 0.15) is 0 Å². The number of hydrogen-bond donors (Lipinski definition) is 0. The van der Waals surface area contributed by atoms with E-state index in [1.165, 1.54) is 22.6 Å². The van der Waals surface area contributed by atoms with Crippen molar-refractivity contribution < 1.29 is 16.8 Å². The van der Waals surface area contributed by atoms with Crippen molar-refractivity contribution in [1.82, 2.24) is 0 Å². The van der Waals surface area contributed by atoms with Crippen molar-refractivity contribution in [3.05, 3.63) is 22.0 Å². The van der Waals surface area contributed by atoms with Gasteiger partial charge in [-0.1, -0.05) is 11.1 Å². The van der Waals surface area contributed by atoms with Crippen molar-refractivity contribution in [3.8, 4) is 0 Å². The molecule has 7 heteroatoms. The van der Waals surface area contributed by atoms with E-state index in [9.17, 15) is 16.8 Å². The third-order valence-corrected chi connectivity index (χ3v) is 6.56. The van der Waals surface area contributed by atoms with Crippen LogP contribution in [-0.4, -0.2) is 39.8 Å². The van der Waals surface area contributed by atoms with E-state index < -0.39 is 19.7 Å². The molecule has 0 unspecified atom stereocenters. The zero-order valence-corrected chi connectivity index (χ0v) is 14.3. The molecule has 0 heterocycles. The molecule has 0 atom stereocenters. The smallest absolute Gasteiger partial charge is 0.172 e. The van der Waals surface area contributed by atoms with E-state index in [0.29, 0.717) is 11.5 Å². The van der Waals surface area contributed by atoms with Crippen molar-refractivity contribution >= 4 is 31.4 Å². The summed E-state index contributed by atoms with van der Waals surface area (Å²) >= 11 is 1.34. The average Bonchev–Trinajstić information content (AvgIpc) is 2.11. The normalized spacial score (nSPS) is 12.0. The Hall–Kier alpha value is -0.270. The van der Waals surface area contributed by atoms with Gasteiger partial charge in [0.2, 0.25) is 0 Å². The maximum Gasteiger partial charge on any atom is 0.172 e. The van der Waals surface area contributed by atoms with Crippen LogP contribution < -0.4 is 0 Å². The van der Waals surface area contributed by atoms with E-state index >= 15 is 0 Å². The van der Waals surface area contributed by atoms with Crippen LogP contribution in [0.4, 0.5) is 0 Å². The van der Waals surface area contributed by atoms with Gasteiger partial charge in [0, 0.05) is 22.3 Å². The molecule has 0 bridgehead atoms. The molecule has 0 aromatic heterocycles. The molecular weight excluding hydrogens is 304 g/mol. The highest BCUT2D eigenvalue weighted by molar-refractivity contribution is 8.02. The largest absolute Gasteiger partial charge is 0.224 e. The lowest BCUT2D eigenvalue weighted by molar-refractivity contribution is 0.604. The Labute approximate surface area is 121 Å². The molecule has 0 spiro atoms. The summed E-state index contributed by atoms with van der Waals surface area (Å²) < 4.78 is 46.1.